The molecule has 0 bridgehead atoms. The smallest absolute Gasteiger partial charge is 0.223 e. The number of amides is 1. The van der Waals surface area contributed by atoms with E-state index in [0.717, 1.165) is 18.2 Å². The van der Waals surface area contributed by atoms with E-state index in [-0.39, 0.29) is 43.1 Å². The molecular weight excluding hydrogens is 280 g/mol. The van der Waals surface area contributed by atoms with Crippen LogP contribution in [-0.2, 0) is 16.0 Å². The highest BCUT2D eigenvalue weighted by Gasteiger charge is 2.34. The molecule has 1 saturated heterocycles. The van der Waals surface area contributed by atoms with E-state index >= 15 is 0 Å². The summed E-state index contributed by atoms with van der Waals surface area (Å²) >= 11 is 0. The van der Waals surface area contributed by atoms with Crippen LogP contribution >= 0.6 is 0 Å². The third-order valence-electron chi connectivity index (χ3n) is 3.86. The number of carbonyl (C=O) groups is 1. The van der Waals surface area contributed by atoms with Crippen LogP contribution in [-0.4, -0.2) is 48.3 Å². The Morgan fingerprint density at radius 3 is 2.90 bits per heavy atom. The third-order valence-corrected chi connectivity index (χ3v) is 3.86. The lowest BCUT2D eigenvalue weighted by molar-refractivity contribution is -0.133. The topological polar surface area (TPSA) is 49.8 Å². The highest BCUT2D eigenvalue weighted by atomic mass is 19.1. The van der Waals surface area contributed by atoms with Crippen LogP contribution in [0.4, 0.5) is 8.78 Å². The number of benzene rings is 1. The predicted octanol–water partition coefficient (Wildman–Crippen LogP) is 1.51. The number of hydrogen-bond donors (Lipinski definition) is 1. The number of likely N-dealkylation sites (tertiary alicyclic amines) is 1. The molecule has 21 heavy (non-hydrogen) atoms. The van der Waals surface area contributed by atoms with Crippen molar-refractivity contribution < 1.29 is 23.4 Å². The molecule has 0 radical (unpaired) electrons. The molecule has 0 saturated carbocycles. The van der Waals surface area contributed by atoms with E-state index in [1.54, 1.807) is 12.0 Å². The van der Waals surface area contributed by atoms with E-state index in [9.17, 15) is 18.7 Å². The van der Waals surface area contributed by atoms with Gasteiger partial charge in [-0.3, -0.25) is 4.79 Å². The van der Waals surface area contributed by atoms with Gasteiger partial charge in [-0.2, -0.15) is 0 Å². The summed E-state index contributed by atoms with van der Waals surface area (Å²) in [4.78, 5) is 13.7. The standard InChI is InChI=1S/C15H19F2NO3/c1-21-13-7-12(9-19)18(8-13)15(20)5-2-10-6-11(16)3-4-14(10)17/h3-4,6,12-13,19H,2,5,7-9H2,1H3/t12-,13-/m0/s1. The van der Waals surface area contributed by atoms with Gasteiger partial charge in [0.05, 0.1) is 18.8 Å². The average Bonchev–Trinajstić information content (AvgIpc) is 2.91. The van der Waals surface area contributed by atoms with Gasteiger partial charge in [-0.1, -0.05) is 0 Å². The SMILES string of the molecule is CO[C@H]1C[C@@H](CO)N(C(=O)CCc2cc(F)ccc2F)C1. The molecular formula is C15H19F2NO3. The number of hydrogen-bond acceptors (Lipinski definition) is 3. The highest BCUT2D eigenvalue weighted by Crippen LogP contribution is 2.21. The zero-order valence-electron chi connectivity index (χ0n) is 11.9. The van der Waals surface area contributed by atoms with E-state index in [4.69, 9.17) is 4.74 Å². The summed E-state index contributed by atoms with van der Waals surface area (Å²) in [5.74, 6) is -1.22. The van der Waals surface area contributed by atoms with Crippen molar-refractivity contribution in [1.29, 1.82) is 0 Å². The highest BCUT2D eigenvalue weighted by molar-refractivity contribution is 5.77. The quantitative estimate of drug-likeness (QED) is 0.896. The number of nitrogens with zero attached hydrogens (tertiary/aromatic N) is 1. The number of methoxy groups -OCH3 is 1. The molecule has 0 aliphatic carbocycles. The van der Waals surface area contributed by atoms with E-state index in [0.29, 0.717) is 13.0 Å². The van der Waals surface area contributed by atoms with Crippen molar-refractivity contribution in [2.45, 2.75) is 31.4 Å². The molecule has 1 aromatic carbocycles. The number of aryl methyl sites for hydroxylation is 1. The summed E-state index contributed by atoms with van der Waals surface area (Å²) in [6, 6.07) is 2.95. The fourth-order valence-electron chi connectivity index (χ4n) is 2.64. The van der Waals surface area contributed by atoms with Gasteiger partial charge in [-0.15, -0.1) is 0 Å². The second-order valence-electron chi connectivity index (χ2n) is 5.21. The maximum atomic E-state index is 13.5. The largest absolute Gasteiger partial charge is 0.394 e. The number of aliphatic hydroxyl groups is 1. The second kappa shape index (κ2) is 6.95. The van der Waals surface area contributed by atoms with Gasteiger partial charge in [0.15, 0.2) is 0 Å². The van der Waals surface area contributed by atoms with Crippen LogP contribution in [0.25, 0.3) is 0 Å². The van der Waals surface area contributed by atoms with Crippen LogP contribution in [0.1, 0.15) is 18.4 Å². The summed E-state index contributed by atoms with van der Waals surface area (Å²) in [7, 11) is 1.56. The van der Waals surface area contributed by atoms with Crippen molar-refractivity contribution in [3.63, 3.8) is 0 Å². The van der Waals surface area contributed by atoms with Gasteiger partial charge < -0.3 is 14.7 Å². The molecule has 0 spiro atoms. The molecule has 116 valence electrons. The summed E-state index contributed by atoms with van der Waals surface area (Å²) in [6.07, 6.45) is 0.715. The molecule has 4 nitrogen and oxygen atoms in total. The van der Waals surface area contributed by atoms with Crippen LogP contribution in [0.15, 0.2) is 18.2 Å². The molecule has 2 rings (SSSR count). The van der Waals surface area contributed by atoms with E-state index < -0.39 is 11.6 Å². The molecule has 1 N–H and O–H groups in total. The van der Waals surface area contributed by atoms with Crippen LogP contribution in [0.3, 0.4) is 0 Å². The van der Waals surface area contributed by atoms with Gasteiger partial charge in [-0.05, 0) is 36.6 Å². The molecule has 1 amide bonds. The van der Waals surface area contributed by atoms with Crippen LogP contribution in [0.2, 0.25) is 0 Å². The van der Waals surface area contributed by atoms with Gasteiger partial charge in [0.2, 0.25) is 5.91 Å². The molecule has 6 heteroatoms. The third kappa shape index (κ3) is 3.77. The maximum absolute atomic E-state index is 13.5. The Morgan fingerprint density at radius 1 is 1.48 bits per heavy atom. The van der Waals surface area contributed by atoms with Gasteiger partial charge in [-0.25, -0.2) is 8.78 Å². The molecule has 2 atom stereocenters. The minimum atomic E-state index is -0.521. The molecule has 0 aromatic heterocycles. The van der Waals surface area contributed by atoms with E-state index in [1.165, 1.54) is 0 Å². The van der Waals surface area contributed by atoms with Crippen molar-refractivity contribution in [2.24, 2.45) is 0 Å². The second-order valence-corrected chi connectivity index (χ2v) is 5.21. The van der Waals surface area contributed by atoms with Crippen LogP contribution in [0.5, 0.6) is 0 Å². The Balaban J connectivity index is 1.96. The summed E-state index contributed by atoms with van der Waals surface area (Å²) in [6.45, 7) is 0.298. The minimum Gasteiger partial charge on any atom is -0.394 e. The zero-order chi connectivity index (χ0) is 15.4. The Kier molecular flexibility index (Phi) is 5.25. The Bertz CT molecular complexity index is 510. The molecule has 1 aliphatic rings. The normalized spacial score (nSPS) is 21.8. The lowest BCUT2D eigenvalue weighted by atomic mass is 10.1. The number of ether oxygens (including phenoxy) is 1. The first kappa shape index (κ1) is 15.9. The number of rotatable bonds is 5. The van der Waals surface area contributed by atoms with E-state index in [2.05, 4.69) is 0 Å². The van der Waals surface area contributed by atoms with E-state index in [1.807, 2.05) is 0 Å². The van der Waals surface area contributed by atoms with Gasteiger partial charge in [0, 0.05) is 20.1 Å². The maximum Gasteiger partial charge on any atom is 0.223 e. The van der Waals surface area contributed by atoms with Crippen LogP contribution < -0.4 is 0 Å². The Labute approximate surface area is 122 Å². The average molecular weight is 299 g/mol. The van der Waals surface area contributed by atoms with Gasteiger partial charge in [0.25, 0.3) is 0 Å². The molecule has 1 heterocycles. The number of carbonyl (C=O) groups excluding carboxylic acids is 1. The molecule has 1 fully saturated rings. The fraction of sp³-hybridized carbons (Fsp3) is 0.533. The lowest BCUT2D eigenvalue weighted by Gasteiger charge is -2.22. The molecule has 1 aliphatic heterocycles. The first-order valence-electron chi connectivity index (χ1n) is 6.92. The van der Waals surface area contributed by atoms with Crippen LogP contribution in [0, 0.1) is 11.6 Å². The predicted molar refractivity (Wildman–Crippen MR) is 72.7 cm³/mol. The first-order chi connectivity index (χ1) is 10.0. The van der Waals surface area contributed by atoms with Gasteiger partial charge in [0.1, 0.15) is 11.6 Å². The van der Waals surface area contributed by atoms with Crippen molar-refractivity contribution in [2.75, 3.05) is 20.3 Å². The summed E-state index contributed by atoms with van der Waals surface area (Å²) in [5, 5.41) is 9.31. The summed E-state index contributed by atoms with van der Waals surface area (Å²) < 4.78 is 31.8. The summed E-state index contributed by atoms with van der Waals surface area (Å²) in [5.41, 5.74) is 0.186. The Morgan fingerprint density at radius 2 is 2.24 bits per heavy atom. The minimum absolute atomic E-state index is 0.0767. The Hall–Kier alpha value is -1.53. The monoisotopic (exact) mass is 299 g/mol. The number of aliphatic hydroxyl groups excluding tert-OH is 1. The molecule has 1 aromatic rings. The van der Waals surface area contributed by atoms with Crippen molar-refractivity contribution in [3.05, 3.63) is 35.4 Å². The van der Waals surface area contributed by atoms with Gasteiger partial charge >= 0.3 is 0 Å². The number of halogens is 2. The lowest BCUT2D eigenvalue weighted by Crippen LogP contribution is -2.38. The fourth-order valence-corrected chi connectivity index (χ4v) is 2.64. The van der Waals surface area contributed by atoms with Crippen molar-refractivity contribution in [3.8, 4) is 0 Å². The first-order valence-corrected chi connectivity index (χ1v) is 6.92. The van der Waals surface area contributed by atoms with Crippen molar-refractivity contribution >= 4 is 5.91 Å². The molecule has 0 unspecified atom stereocenters. The zero-order valence-corrected chi connectivity index (χ0v) is 11.9. The van der Waals surface area contributed by atoms with Crippen molar-refractivity contribution in [1.82, 2.24) is 4.90 Å².